The minimum atomic E-state index is -0.201. The van der Waals surface area contributed by atoms with Crippen molar-refractivity contribution in [3.05, 3.63) is 179 Å². The van der Waals surface area contributed by atoms with Crippen molar-refractivity contribution in [3.8, 4) is 32.4 Å². The fraction of sp³-hybridized carbons (Fsp3) is 0.0476. The van der Waals surface area contributed by atoms with Crippen LogP contribution in [0.25, 0.3) is 36.8 Å². The Kier molecular flexibility index (Phi) is 8.93. The Balaban J connectivity index is 1.30. The van der Waals surface area contributed by atoms with Gasteiger partial charge in [0.25, 0.3) is 0 Å². The first-order valence-electron chi connectivity index (χ1n) is 15.4. The highest BCUT2D eigenvalue weighted by Gasteiger charge is 2.33. The molecule has 0 radical (unpaired) electrons. The summed E-state index contributed by atoms with van der Waals surface area (Å²) in [5.74, 6) is 1.32. The number of allylic oxidation sites excluding steroid dienone is 6. The van der Waals surface area contributed by atoms with E-state index in [1.165, 1.54) is 0 Å². The Morgan fingerprint density at radius 1 is 0.646 bits per heavy atom. The molecule has 0 amide bonds. The fourth-order valence-corrected chi connectivity index (χ4v) is 8.02. The summed E-state index contributed by atoms with van der Waals surface area (Å²) in [5, 5.41) is 11.3. The van der Waals surface area contributed by atoms with E-state index in [2.05, 4.69) is 36.4 Å². The normalized spacial score (nSPS) is 16.0. The predicted octanol–water partition coefficient (Wildman–Crippen LogP) is 10.9. The van der Waals surface area contributed by atoms with Crippen LogP contribution < -0.4 is 9.47 Å². The van der Waals surface area contributed by atoms with Crippen LogP contribution in [0.4, 0.5) is 0 Å². The molecule has 1 aliphatic carbocycles. The third kappa shape index (κ3) is 6.28. The van der Waals surface area contributed by atoms with E-state index in [4.69, 9.17) is 9.47 Å². The van der Waals surface area contributed by atoms with E-state index in [1.54, 1.807) is 49.5 Å². The van der Waals surface area contributed by atoms with Crippen LogP contribution in [0, 0.1) is 0 Å². The lowest BCUT2D eigenvalue weighted by atomic mass is 9.85. The highest BCUT2D eigenvalue weighted by atomic mass is 32.2. The van der Waals surface area contributed by atoms with Crippen LogP contribution in [0.1, 0.15) is 16.7 Å². The maximum Gasteiger partial charge on any atom is 0.243 e. The Labute approximate surface area is 288 Å². The first-order chi connectivity index (χ1) is 23.5. The fourth-order valence-electron chi connectivity index (χ4n) is 5.71. The lowest BCUT2D eigenvalue weighted by molar-refractivity contribution is -0.113. The number of carbonyl (C=O) groups excluding carboxylic acids is 1. The molecular formula is C42H31O4S2+. The van der Waals surface area contributed by atoms with Gasteiger partial charge in [0.15, 0.2) is 0 Å². The Morgan fingerprint density at radius 3 is 1.88 bits per heavy atom. The van der Waals surface area contributed by atoms with Crippen molar-refractivity contribution >= 4 is 44.8 Å². The topological polar surface area (TPSA) is 55.8 Å². The molecular weight excluding hydrogens is 633 g/mol. The molecule has 2 aliphatic rings. The van der Waals surface area contributed by atoms with Crippen LogP contribution >= 0.6 is 23.1 Å². The molecule has 0 unspecified atom stereocenters. The van der Waals surface area contributed by atoms with E-state index in [-0.39, 0.29) is 22.7 Å². The van der Waals surface area contributed by atoms with Crippen LogP contribution in [0.5, 0.6) is 11.5 Å². The van der Waals surface area contributed by atoms with E-state index in [1.807, 2.05) is 97.1 Å². The Morgan fingerprint density at radius 2 is 1.21 bits per heavy atom. The average molecular weight is 664 g/mol. The standard InChI is InChI=1S/C42H30O4S2/c1-45-35-19-11-9-17-31(35)39-25-27(23-37(47-39)29-13-5-3-6-14-29)21-33-41(43)34(42(33)44)22-28-24-38(30-15-7-4-8-16-30)48-40(26-28)32-18-10-12-20-36(32)46-2/h3-26H,1-2H3/p+1. The second kappa shape index (κ2) is 13.7. The predicted molar refractivity (Wildman–Crippen MR) is 200 cm³/mol. The van der Waals surface area contributed by atoms with Crippen LogP contribution in [0.2, 0.25) is 0 Å². The number of aliphatic hydroxyl groups is 1. The van der Waals surface area contributed by atoms with Crippen molar-refractivity contribution in [1.82, 2.24) is 0 Å². The summed E-state index contributed by atoms with van der Waals surface area (Å²) >= 11 is 3.30. The summed E-state index contributed by atoms with van der Waals surface area (Å²) in [7, 11) is 3.33. The smallest absolute Gasteiger partial charge is 0.243 e. The summed E-state index contributed by atoms with van der Waals surface area (Å²) in [4.78, 5) is 17.7. The number of benzene rings is 4. The maximum atomic E-state index is 13.6. The molecule has 1 aliphatic heterocycles. The Hall–Kier alpha value is -5.43. The van der Waals surface area contributed by atoms with Crippen molar-refractivity contribution in [1.29, 1.82) is 0 Å². The zero-order valence-corrected chi connectivity index (χ0v) is 28.0. The number of Topliss-reactive ketones (excluding diaryl/α,β-unsaturated/α-hetero) is 1. The van der Waals surface area contributed by atoms with Crippen LogP contribution in [0.15, 0.2) is 162 Å². The lowest BCUT2D eigenvalue weighted by Crippen LogP contribution is -2.21. The zero-order valence-electron chi connectivity index (χ0n) is 26.3. The molecule has 0 saturated heterocycles. The van der Waals surface area contributed by atoms with Crippen LogP contribution in [0.3, 0.4) is 0 Å². The molecule has 1 aromatic heterocycles. The minimum absolute atomic E-state index is 0.0136. The number of ketones is 1. The summed E-state index contributed by atoms with van der Waals surface area (Å²) in [6.07, 6.45) is 7.64. The first kappa shape index (κ1) is 31.2. The number of aliphatic hydroxyl groups excluding tert-OH is 1. The molecule has 0 saturated carbocycles. The molecule has 5 aromatic rings. The quantitative estimate of drug-likeness (QED) is 0.132. The van der Waals surface area contributed by atoms with Crippen molar-refractivity contribution < 1.29 is 19.4 Å². The van der Waals surface area contributed by atoms with E-state index >= 15 is 0 Å². The van der Waals surface area contributed by atoms with Crippen LogP contribution in [-0.2, 0) is 4.79 Å². The lowest BCUT2D eigenvalue weighted by Gasteiger charge is -2.22. The number of methoxy groups -OCH3 is 2. The number of rotatable bonds is 8. The molecule has 1 N–H and O–H groups in total. The molecule has 4 nitrogen and oxygen atoms in total. The van der Waals surface area contributed by atoms with Gasteiger partial charge in [0.1, 0.15) is 17.3 Å². The largest absolute Gasteiger partial charge is 0.506 e. The average Bonchev–Trinajstić information content (AvgIpc) is 3.16. The maximum absolute atomic E-state index is 13.6. The molecule has 48 heavy (non-hydrogen) atoms. The monoisotopic (exact) mass is 663 g/mol. The summed E-state index contributed by atoms with van der Waals surface area (Å²) in [5.41, 5.74) is 6.25. The Bertz CT molecular complexity index is 2190. The van der Waals surface area contributed by atoms with Crippen LogP contribution in [-0.4, -0.2) is 25.1 Å². The van der Waals surface area contributed by atoms with E-state index < -0.39 is 0 Å². The highest BCUT2D eigenvalue weighted by Crippen LogP contribution is 2.47. The van der Waals surface area contributed by atoms with E-state index in [9.17, 15) is 9.90 Å². The third-order valence-electron chi connectivity index (χ3n) is 8.11. The molecule has 7 rings (SSSR count). The van der Waals surface area contributed by atoms with Gasteiger partial charge >= 0.3 is 0 Å². The third-order valence-corrected chi connectivity index (χ3v) is 10.4. The molecule has 0 bridgehead atoms. The van der Waals surface area contributed by atoms with Gasteiger partial charge in [-0.25, -0.2) is 0 Å². The molecule has 4 aromatic carbocycles. The van der Waals surface area contributed by atoms with Gasteiger partial charge in [0, 0.05) is 33.1 Å². The number of ether oxygens (including phenoxy) is 2. The summed E-state index contributed by atoms with van der Waals surface area (Å²) in [6, 6.07) is 40.2. The minimum Gasteiger partial charge on any atom is -0.506 e. The number of para-hydroxylation sites is 2. The molecule has 0 spiro atoms. The van der Waals surface area contributed by atoms with Crippen molar-refractivity contribution in [2.45, 2.75) is 0 Å². The summed E-state index contributed by atoms with van der Waals surface area (Å²) in [6.45, 7) is 0. The van der Waals surface area contributed by atoms with Gasteiger partial charge in [0.05, 0.1) is 30.9 Å². The van der Waals surface area contributed by atoms with Gasteiger partial charge < -0.3 is 14.6 Å². The molecule has 2 heterocycles. The number of hydrogen-bond acceptors (Lipinski definition) is 5. The van der Waals surface area contributed by atoms with E-state index in [0.29, 0.717) is 0 Å². The van der Waals surface area contributed by atoms with Gasteiger partial charge in [-0.15, -0.1) is 0 Å². The number of hydrogen-bond donors (Lipinski definition) is 1. The molecule has 6 heteroatoms. The van der Waals surface area contributed by atoms with Gasteiger partial charge in [-0.05, 0) is 71.3 Å². The molecule has 234 valence electrons. The zero-order chi connectivity index (χ0) is 33.0. The highest BCUT2D eigenvalue weighted by molar-refractivity contribution is 8.16. The number of thioether (sulfide) groups is 1. The first-order valence-corrected chi connectivity index (χ1v) is 17.0. The van der Waals surface area contributed by atoms with Crippen molar-refractivity contribution in [2.75, 3.05) is 14.2 Å². The van der Waals surface area contributed by atoms with Crippen molar-refractivity contribution in [3.63, 3.8) is 0 Å². The van der Waals surface area contributed by atoms with Crippen molar-refractivity contribution in [2.24, 2.45) is 0 Å². The second-order valence-electron chi connectivity index (χ2n) is 11.2. The summed E-state index contributed by atoms with van der Waals surface area (Å²) < 4.78 is 11.3. The number of carbonyl (C=O) groups is 1. The second-order valence-corrected chi connectivity index (χ2v) is 13.3. The van der Waals surface area contributed by atoms with Gasteiger partial charge in [0.2, 0.25) is 26.9 Å². The SMILES string of the molecule is COc1ccccc1C1=CC(=CC2=C(O)C(=Cc3cc(-c4ccccc4)[s+]c(-c4ccccc4OC)c3)C2=O)C=C(c2ccccc2)S1. The van der Waals surface area contributed by atoms with Gasteiger partial charge in [-0.3, -0.25) is 4.79 Å². The molecule has 0 atom stereocenters. The van der Waals surface area contributed by atoms with Gasteiger partial charge in [-0.2, -0.15) is 0 Å². The van der Waals surface area contributed by atoms with Gasteiger partial charge in [-0.1, -0.05) is 90.6 Å². The van der Waals surface area contributed by atoms with E-state index in [0.717, 1.165) is 64.5 Å². The molecule has 0 fully saturated rings.